The van der Waals surface area contributed by atoms with Gasteiger partial charge in [0.2, 0.25) is 0 Å². The summed E-state index contributed by atoms with van der Waals surface area (Å²) in [5.41, 5.74) is 3.42. The van der Waals surface area contributed by atoms with Crippen molar-refractivity contribution in [1.29, 1.82) is 0 Å². The lowest BCUT2D eigenvalue weighted by Crippen LogP contribution is -2.53. The summed E-state index contributed by atoms with van der Waals surface area (Å²) in [4.78, 5) is 12.8. The highest BCUT2D eigenvalue weighted by Gasteiger charge is 2.30. The van der Waals surface area contributed by atoms with Crippen LogP contribution in [0.1, 0.15) is 35.8 Å². The minimum absolute atomic E-state index is 0.150. The lowest BCUT2D eigenvalue weighted by Gasteiger charge is -2.41. The predicted molar refractivity (Wildman–Crippen MR) is 138 cm³/mol. The number of rotatable bonds is 5. The highest BCUT2D eigenvalue weighted by Crippen LogP contribution is 2.44. The smallest absolute Gasteiger partial charge is 0.138 e. The third-order valence-corrected chi connectivity index (χ3v) is 8.97. The average molecular weight is 480 g/mol. The summed E-state index contributed by atoms with van der Waals surface area (Å²) in [6, 6.07) is 18.3. The Morgan fingerprint density at radius 1 is 1.06 bits per heavy atom. The summed E-state index contributed by atoms with van der Waals surface area (Å²) in [5.74, 6) is 0.966. The van der Waals surface area contributed by atoms with E-state index in [0.29, 0.717) is 6.04 Å². The van der Waals surface area contributed by atoms with Crippen LogP contribution in [0.3, 0.4) is 0 Å². The van der Waals surface area contributed by atoms with Gasteiger partial charge in [-0.1, -0.05) is 49.4 Å². The molecule has 172 valence electrons. The van der Waals surface area contributed by atoms with E-state index in [1.54, 1.807) is 6.07 Å². The molecule has 2 aliphatic rings. The second-order valence-corrected chi connectivity index (χ2v) is 11.4. The summed E-state index contributed by atoms with van der Waals surface area (Å²) in [6.45, 7) is 5.15. The van der Waals surface area contributed by atoms with Gasteiger partial charge in [0.25, 0.3) is 0 Å². The number of amidine groups is 1. The van der Waals surface area contributed by atoms with Crippen molar-refractivity contribution in [2.24, 2.45) is 4.99 Å². The lowest BCUT2D eigenvalue weighted by atomic mass is 10.0. The summed E-state index contributed by atoms with van der Waals surface area (Å²) < 4.78 is 15.0. The van der Waals surface area contributed by atoms with Crippen LogP contribution in [0, 0.1) is 5.82 Å². The number of fused-ring (bicyclic) bond motifs is 2. The minimum atomic E-state index is -0.150. The van der Waals surface area contributed by atoms with Gasteiger partial charge in [-0.25, -0.2) is 9.38 Å². The largest absolute Gasteiger partial charge is 0.353 e. The van der Waals surface area contributed by atoms with Crippen molar-refractivity contribution >= 4 is 34.6 Å². The van der Waals surface area contributed by atoms with Crippen LogP contribution < -0.4 is 0 Å². The Bertz CT molecular complexity index is 1160. The van der Waals surface area contributed by atoms with Gasteiger partial charge >= 0.3 is 0 Å². The summed E-state index contributed by atoms with van der Waals surface area (Å²) in [7, 11) is 2.21. The van der Waals surface area contributed by atoms with E-state index in [-0.39, 0.29) is 5.82 Å². The third-order valence-electron chi connectivity index (χ3n) is 6.51. The Balaban J connectivity index is 1.42. The Hall–Kier alpha value is -2.15. The van der Waals surface area contributed by atoms with Crippen LogP contribution in [0.25, 0.3) is 0 Å². The van der Waals surface area contributed by atoms with Crippen LogP contribution in [0.4, 0.5) is 10.1 Å². The highest BCUT2D eigenvalue weighted by molar-refractivity contribution is 8.01. The van der Waals surface area contributed by atoms with Crippen LogP contribution in [-0.4, -0.2) is 48.4 Å². The molecule has 3 aromatic rings. The molecule has 2 aromatic carbocycles. The van der Waals surface area contributed by atoms with Crippen molar-refractivity contribution in [2.45, 2.75) is 47.8 Å². The molecule has 3 heterocycles. The zero-order valence-corrected chi connectivity index (χ0v) is 20.9. The molecule has 1 fully saturated rings. The number of thiophene rings is 1. The number of benzene rings is 2. The first-order valence-electron chi connectivity index (χ1n) is 11.8. The topological polar surface area (TPSA) is 18.8 Å². The molecule has 1 aromatic heterocycles. The number of likely N-dealkylation sites (N-methyl/N-ethyl adjacent to an activating group) is 1. The molecule has 1 unspecified atom stereocenters. The number of nitrogens with zero attached hydrogens (tertiary/aromatic N) is 3. The molecular weight excluding hydrogens is 449 g/mol. The molecule has 0 bridgehead atoms. The van der Waals surface area contributed by atoms with Crippen LogP contribution >= 0.6 is 23.1 Å². The van der Waals surface area contributed by atoms with Crippen LogP contribution in [-0.2, 0) is 12.8 Å². The Kier molecular flexibility index (Phi) is 6.86. The summed E-state index contributed by atoms with van der Waals surface area (Å²) >= 11 is 3.78. The van der Waals surface area contributed by atoms with Crippen molar-refractivity contribution in [2.75, 3.05) is 26.7 Å². The maximum atomic E-state index is 13.6. The van der Waals surface area contributed by atoms with Crippen LogP contribution in [0.5, 0.6) is 0 Å². The Morgan fingerprint density at radius 3 is 2.79 bits per heavy atom. The van der Waals surface area contributed by atoms with E-state index in [4.69, 9.17) is 4.99 Å². The molecule has 33 heavy (non-hydrogen) atoms. The van der Waals surface area contributed by atoms with Crippen LogP contribution in [0.15, 0.2) is 68.7 Å². The van der Waals surface area contributed by atoms with Gasteiger partial charge in [-0.2, -0.15) is 0 Å². The van der Waals surface area contributed by atoms with Crippen molar-refractivity contribution in [3.63, 3.8) is 0 Å². The molecule has 0 spiro atoms. The van der Waals surface area contributed by atoms with Gasteiger partial charge < -0.3 is 4.90 Å². The van der Waals surface area contributed by atoms with Crippen molar-refractivity contribution in [3.05, 3.63) is 76.4 Å². The maximum absolute atomic E-state index is 13.6. The molecule has 2 aliphatic heterocycles. The molecule has 6 heteroatoms. The number of hydrogen-bond acceptors (Lipinski definition) is 5. The van der Waals surface area contributed by atoms with Gasteiger partial charge in [-0.05, 0) is 62.2 Å². The van der Waals surface area contributed by atoms with E-state index in [0.717, 1.165) is 62.4 Å². The van der Waals surface area contributed by atoms with Gasteiger partial charge in [0, 0.05) is 41.0 Å². The fourth-order valence-electron chi connectivity index (χ4n) is 4.65. The van der Waals surface area contributed by atoms with Crippen LogP contribution in [0.2, 0.25) is 0 Å². The van der Waals surface area contributed by atoms with E-state index < -0.39 is 0 Å². The van der Waals surface area contributed by atoms with Gasteiger partial charge in [0.1, 0.15) is 11.7 Å². The monoisotopic (exact) mass is 479 g/mol. The quantitative estimate of drug-likeness (QED) is 0.409. The third kappa shape index (κ3) is 5.03. The molecule has 1 atom stereocenters. The van der Waals surface area contributed by atoms with E-state index >= 15 is 0 Å². The number of piperazine rings is 1. The highest BCUT2D eigenvalue weighted by atomic mass is 32.2. The number of para-hydroxylation sites is 1. The SMILES string of the molecule is CCCc1cc2c(s1)Sc1ccccc1N=C2N1CCN(C)C(CCc2cccc(F)c2)C1. The molecule has 0 aliphatic carbocycles. The predicted octanol–water partition coefficient (Wildman–Crippen LogP) is 6.63. The standard InChI is InChI=1S/C27H30FN3S2/c1-3-7-22-17-23-26(29-24-10-4-5-11-25(24)33-27(23)32-22)31-15-14-30(2)21(18-31)13-12-19-8-6-9-20(28)16-19/h4-6,8-11,16-17,21H,3,7,12-15,18H2,1-2H3. The molecule has 5 rings (SSSR count). The number of aliphatic imine (C=N–C) groups is 1. The number of hydrogen-bond donors (Lipinski definition) is 0. The van der Waals surface area contributed by atoms with Crippen molar-refractivity contribution in [1.82, 2.24) is 9.80 Å². The van der Waals surface area contributed by atoms with E-state index in [9.17, 15) is 4.39 Å². The van der Waals surface area contributed by atoms with Gasteiger partial charge in [0.15, 0.2) is 0 Å². The zero-order valence-electron chi connectivity index (χ0n) is 19.3. The van der Waals surface area contributed by atoms with Crippen molar-refractivity contribution < 1.29 is 4.39 Å². The molecule has 0 amide bonds. The first kappa shape index (κ1) is 22.6. The van der Waals surface area contributed by atoms with Gasteiger partial charge in [-0.15, -0.1) is 11.3 Å². The lowest BCUT2D eigenvalue weighted by molar-refractivity contribution is 0.134. The first-order valence-corrected chi connectivity index (χ1v) is 13.4. The molecule has 0 saturated carbocycles. The second-order valence-electron chi connectivity index (χ2n) is 8.92. The second kappa shape index (κ2) is 10.00. The normalized spacial score (nSPS) is 18.5. The first-order chi connectivity index (χ1) is 16.1. The summed E-state index contributed by atoms with van der Waals surface area (Å²) in [6.07, 6.45) is 4.17. The number of halogens is 1. The fourth-order valence-corrected chi connectivity index (χ4v) is 7.21. The van der Waals surface area contributed by atoms with Crippen molar-refractivity contribution in [3.8, 4) is 0 Å². The maximum Gasteiger partial charge on any atom is 0.138 e. The van der Waals surface area contributed by atoms with E-state index in [2.05, 4.69) is 54.1 Å². The number of aryl methyl sites for hydroxylation is 2. The Morgan fingerprint density at radius 2 is 1.94 bits per heavy atom. The van der Waals surface area contributed by atoms with Gasteiger partial charge in [-0.3, -0.25) is 4.90 Å². The molecule has 0 radical (unpaired) electrons. The molecule has 1 saturated heterocycles. The minimum Gasteiger partial charge on any atom is -0.353 e. The van der Waals surface area contributed by atoms with E-state index in [1.807, 2.05) is 35.2 Å². The Labute approximate surface area is 204 Å². The summed E-state index contributed by atoms with van der Waals surface area (Å²) in [5, 5.41) is 0. The molecular formula is C27H30FN3S2. The van der Waals surface area contributed by atoms with Gasteiger partial charge in [0.05, 0.1) is 9.90 Å². The molecule has 3 nitrogen and oxygen atoms in total. The fraction of sp³-hybridized carbons (Fsp3) is 0.370. The zero-order chi connectivity index (χ0) is 22.8. The average Bonchev–Trinajstić information content (AvgIpc) is 3.13. The molecule has 0 N–H and O–H groups in total. The van der Waals surface area contributed by atoms with E-state index in [1.165, 1.54) is 25.6 Å².